The third kappa shape index (κ3) is 3.19. The monoisotopic (exact) mass is 295 g/mol. The third-order valence-corrected chi connectivity index (χ3v) is 3.90. The first-order chi connectivity index (χ1) is 9.11. The van der Waals surface area contributed by atoms with Crippen LogP contribution in [0.2, 0.25) is 5.02 Å². The van der Waals surface area contributed by atoms with Gasteiger partial charge in [-0.25, -0.2) is 0 Å². The van der Waals surface area contributed by atoms with E-state index in [-0.39, 0.29) is 5.84 Å². The van der Waals surface area contributed by atoms with E-state index in [0.29, 0.717) is 10.6 Å². The predicted octanol–water partition coefficient (Wildman–Crippen LogP) is 3.13. The SMILES string of the molecule is CN(Cc1cccs1)c1ccc(/C(N)=N/O)cc1Cl. The van der Waals surface area contributed by atoms with Crippen LogP contribution in [0.5, 0.6) is 0 Å². The van der Waals surface area contributed by atoms with Gasteiger partial charge in [-0.05, 0) is 29.6 Å². The van der Waals surface area contributed by atoms with Crippen LogP contribution in [0, 0.1) is 0 Å². The van der Waals surface area contributed by atoms with Crippen molar-refractivity contribution in [2.45, 2.75) is 6.54 Å². The standard InChI is InChI=1S/C13H14ClN3OS/c1-17(8-10-3-2-6-19-10)12-5-4-9(7-11(12)14)13(15)16-18/h2-7,18H,8H2,1H3,(H2,15,16). The highest BCUT2D eigenvalue weighted by atomic mass is 35.5. The predicted molar refractivity (Wildman–Crippen MR) is 80.4 cm³/mol. The summed E-state index contributed by atoms with van der Waals surface area (Å²) >= 11 is 7.94. The van der Waals surface area contributed by atoms with E-state index in [9.17, 15) is 0 Å². The lowest BCUT2D eigenvalue weighted by atomic mass is 10.2. The van der Waals surface area contributed by atoms with Gasteiger partial charge >= 0.3 is 0 Å². The van der Waals surface area contributed by atoms with E-state index in [4.69, 9.17) is 22.5 Å². The molecule has 2 rings (SSSR count). The maximum atomic E-state index is 8.64. The Morgan fingerprint density at radius 2 is 2.26 bits per heavy atom. The van der Waals surface area contributed by atoms with Crippen molar-refractivity contribution < 1.29 is 5.21 Å². The molecule has 0 saturated heterocycles. The summed E-state index contributed by atoms with van der Waals surface area (Å²) in [6, 6.07) is 9.44. The summed E-state index contributed by atoms with van der Waals surface area (Å²) in [5, 5.41) is 14.2. The highest BCUT2D eigenvalue weighted by Crippen LogP contribution is 2.27. The highest BCUT2D eigenvalue weighted by molar-refractivity contribution is 7.09. The fraction of sp³-hybridized carbons (Fsp3) is 0.154. The summed E-state index contributed by atoms with van der Waals surface area (Å²) in [7, 11) is 1.98. The van der Waals surface area contributed by atoms with E-state index < -0.39 is 0 Å². The van der Waals surface area contributed by atoms with E-state index in [1.165, 1.54) is 4.88 Å². The topological polar surface area (TPSA) is 61.8 Å². The summed E-state index contributed by atoms with van der Waals surface area (Å²) < 4.78 is 0. The minimum Gasteiger partial charge on any atom is -0.409 e. The zero-order valence-corrected chi connectivity index (χ0v) is 11.9. The quantitative estimate of drug-likeness (QED) is 0.394. The van der Waals surface area contributed by atoms with Crippen LogP contribution in [0.1, 0.15) is 10.4 Å². The molecule has 1 aromatic carbocycles. The molecule has 3 N–H and O–H groups in total. The molecule has 0 bridgehead atoms. The number of hydrogen-bond donors (Lipinski definition) is 2. The molecule has 0 aliphatic rings. The number of benzene rings is 1. The summed E-state index contributed by atoms with van der Waals surface area (Å²) in [6.07, 6.45) is 0. The average Bonchev–Trinajstić information content (AvgIpc) is 2.90. The first-order valence-electron chi connectivity index (χ1n) is 5.63. The summed E-state index contributed by atoms with van der Waals surface area (Å²) in [5.41, 5.74) is 7.03. The Morgan fingerprint density at radius 3 is 2.84 bits per heavy atom. The molecule has 1 heterocycles. The van der Waals surface area contributed by atoms with E-state index in [1.54, 1.807) is 23.5 Å². The lowest BCUT2D eigenvalue weighted by Gasteiger charge is -2.20. The van der Waals surface area contributed by atoms with Gasteiger partial charge in [0, 0.05) is 17.5 Å². The third-order valence-electron chi connectivity index (χ3n) is 2.74. The average molecular weight is 296 g/mol. The van der Waals surface area contributed by atoms with E-state index in [2.05, 4.69) is 16.1 Å². The molecule has 100 valence electrons. The molecule has 0 amide bonds. The van der Waals surface area contributed by atoms with E-state index >= 15 is 0 Å². The van der Waals surface area contributed by atoms with Gasteiger partial charge in [0.25, 0.3) is 0 Å². The number of anilines is 1. The second kappa shape index (κ2) is 5.95. The molecule has 0 fully saturated rings. The second-order valence-electron chi connectivity index (χ2n) is 4.09. The van der Waals surface area contributed by atoms with Crippen LogP contribution in [0.25, 0.3) is 0 Å². The van der Waals surface area contributed by atoms with Gasteiger partial charge < -0.3 is 15.8 Å². The summed E-state index contributed by atoms with van der Waals surface area (Å²) in [4.78, 5) is 3.32. The number of nitrogens with zero attached hydrogens (tertiary/aromatic N) is 2. The number of halogens is 1. The maximum Gasteiger partial charge on any atom is 0.170 e. The van der Waals surface area contributed by atoms with Crippen molar-refractivity contribution in [3.05, 3.63) is 51.2 Å². The Labute approximate surface area is 120 Å². The Morgan fingerprint density at radius 1 is 1.47 bits per heavy atom. The first kappa shape index (κ1) is 13.7. The number of hydrogen-bond acceptors (Lipinski definition) is 4. The number of amidine groups is 1. The molecule has 0 spiro atoms. The van der Waals surface area contributed by atoms with Crippen molar-refractivity contribution >= 4 is 34.5 Å². The fourth-order valence-electron chi connectivity index (χ4n) is 1.76. The number of oxime groups is 1. The molecule has 1 aromatic heterocycles. The maximum absolute atomic E-state index is 8.64. The Hall–Kier alpha value is -1.72. The summed E-state index contributed by atoms with van der Waals surface area (Å²) in [6.45, 7) is 0.792. The van der Waals surface area contributed by atoms with Crippen LogP contribution in [0.4, 0.5) is 5.69 Å². The molecule has 4 nitrogen and oxygen atoms in total. The van der Waals surface area contributed by atoms with Crippen LogP contribution in [-0.4, -0.2) is 18.1 Å². The zero-order valence-electron chi connectivity index (χ0n) is 10.4. The van der Waals surface area contributed by atoms with Crippen molar-refractivity contribution in [3.8, 4) is 0 Å². The smallest absolute Gasteiger partial charge is 0.170 e. The van der Waals surface area contributed by atoms with Gasteiger partial charge in [-0.3, -0.25) is 0 Å². The molecule has 0 aliphatic heterocycles. The molecule has 19 heavy (non-hydrogen) atoms. The van der Waals surface area contributed by atoms with Crippen LogP contribution in [-0.2, 0) is 6.54 Å². The summed E-state index contributed by atoms with van der Waals surface area (Å²) in [5.74, 6) is 0.0503. The molecule has 2 aromatic rings. The largest absolute Gasteiger partial charge is 0.409 e. The van der Waals surface area contributed by atoms with Gasteiger partial charge in [0.05, 0.1) is 17.3 Å². The Balaban J connectivity index is 2.21. The molecular formula is C13H14ClN3OS. The van der Waals surface area contributed by atoms with Gasteiger partial charge in [0.15, 0.2) is 5.84 Å². The number of thiophene rings is 1. The van der Waals surface area contributed by atoms with Crippen LogP contribution >= 0.6 is 22.9 Å². The van der Waals surface area contributed by atoms with Crippen molar-refractivity contribution in [1.29, 1.82) is 0 Å². The zero-order chi connectivity index (χ0) is 13.8. The van der Waals surface area contributed by atoms with Crippen molar-refractivity contribution in [2.24, 2.45) is 10.9 Å². The highest BCUT2D eigenvalue weighted by Gasteiger charge is 2.09. The van der Waals surface area contributed by atoms with Crippen molar-refractivity contribution in [3.63, 3.8) is 0 Å². The van der Waals surface area contributed by atoms with Crippen LogP contribution in [0.15, 0.2) is 40.9 Å². The van der Waals surface area contributed by atoms with Gasteiger partial charge in [0.2, 0.25) is 0 Å². The molecular weight excluding hydrogens is 282 g/mol. The second-order valence-corrected chi connectivity index (χ2v) is 5.53. The first-order valence-corrected chi connectivity index (χ1v) is 6.88. The van der Waals surface area contributed by atoms with E-state index in [1.807, 2.05) is 24.6 Å². The minimum absolute atomic E-state index is 0.0503. The molecule has 0 radical (unpaired) electrons. The molecule has 0 saturated carbocycles. The normalized spacial score (nSPS) is 11.6. The molecule has 0 atom stereocenters. The van der Waals surface area contributed by atoms with Crippen molar-refractivity contribution in [2.75, 3.05) is 11.9 Å². The van der Waals surface area contributed by atoms with Crippen LogP contribution in [0.3, 0.4) is 0 Å². The number of rotatable bonds is 4. The van der Waals surface area contributed by atoms with Crippen LogP contribution < -0.4 is 10.6 Å². The molecule has 6 heteroatoms. The van der Waals surface area contributed by atoms with Gasteiger partial charge in [0.1, 0.15) is 0 Å². The van der Waals surface area contributed by atoms with Gasteiger partial charge in [-0.15, -0.1) is 11.3 Å². The van der Waals surface area contributed by atoms with Gasteiger partial charge in [-0.2, -0.15) is 0 Å². The van der Waals surface area contributed by atoms with E-state index in [0.717, 1.165) is 12.2 Å². The fourth-order valence-corrected chi connectivity index (χ4v) is 2.84. The number of nitrogens with two attached hydrogens (primary N) is 1. The van der Waals surface area contributed by atoms with Crippen molar-refractivity contribution in [1.82, 2.24) is 0 Å². The lowest BCUT2D eigenvalue weighted by molar-refractivity contribution is 0.318. The minimum atomic E-state index is 0.0503. The molecule has 0 aliphatic carbocycles. The van der Waals surface area contributed by atoms with Gasteiger partial charge in [-0.1, -0.05) is 22.8 Å². The Bertz CT molecular complexity index is 584. The molecule has 0 unspecified atom stereocenters. The lowest BCUT2D eigenvalue weighted by Crippen LogP contribution is -2.17. The Kier molecular flexibility index (Phi) is 4.29.